The van der Waals surface area contributed by atoms with Crippen molar-refractivity contribution in [3.8, 4) is 0 Å². The van der Waals surface area contributed by atoms with Gasteiger partial charge in [-0.15, -0.1) is 11.3 Å². The molecule has 4 N–H and O–H groups in total. The van der Waals surface area contributed by atoms with Gasteiger partial charge in [0, 0.05) is 9.85 Å². The molecule has 1 heterocycles. The molecule has 0 saturated heterocycles. The Kier molecular flexibility index (Phi) is 2.29. The summed E-state index contributed by atoms with van der Waals surface area (Å²) in [6, 6.07) is 1.87. The van der Waals surface area contributed by atoms with Gasteiger partial charge in [-0.2, -0.15) is 5.10 Å². The van der Waals surface area contributed by atoms with Crippen molar-refractivity contribution >= 4 is 33.1 Å². The van der Waals surface area contributed by atoms with Crippen LogP contribution in [-0.2, 0) is 0 Å². The molecule has 1 aromatic heterocycles. The molecule has 0 bridgehead atoms. The molecular formula is C5H6BrN3S. The molecule has 0 spiro atoms. The van der Waals surface area contributed by atoms with Crippen LogP contribution in [0.3, 0.4) is 0 Å². The van der Waals surface area contributed by atoms with Gasteiger partial charge in [0.15, 0.2) is 5.84 Å². The maximum atomic E-state index is 5.42. The van der Waals surface area contributed by atoms with Crippen molar-refractivity contribution in [3.05, 3.63) is 20.8 Å². The fourth-order valence-electron chi connectivity index (χ4n) is 0.511. The molecule has 0 aliphatic rings. The third kappa shape index (κ3) is 1.48. The maximum Gasteiger partial charge on any atom is 0.160 e. The topological polar surface area (TPSA) is 64.4 Å². The van der Waals surface area contributed by atoms with Crippen molar-refractivity contribution in [2.75, 3.05) is 0 Å². The molecule has 0 aliphatic heterocycles. The second-order valence-corrected chi connectivity index (χ2v) is 3.47. The SMILES string of the molecule is NN=C(N)c1cc(Br)cs1. The Hall–Kier alpha value is -0.550. The van der Waals surface area contributed by atoms with Gasteiger partial charge >= 0.3 is 0 Å². The van der Waals surface area contributed by atoms with Crippen molar-refractivity contribution in [2.45, 2.75) is 0 Å². The lowest BCUT2D eigenvalue weighted by molar-refractivity contribution is 1.23. The molecule has 0 radical (unpaired) electrons. The van der Waals surface area contributed by atoms with Crippen LogP contribution >= 0.6 is 27.3 Å². The van der Waals surface area contributed by atoms with Gasteiger partial charge in [-0.3, -0.25) is 0 Å². The normalized spacial score (nSPS) is 11.9. The van der Waals surface area contributed by atoms with E-state index in [1.54, 1.807) is 0 Å². The lowest BCUT2D eigenvalue weighted by Crippen LogP contribution is -2.13. The minimum absolute atomic E-state index is 0.371. The monoisotopic (exact) mass is 219 g/mol. The number of hydrazone groups is 1. The fraction of sp³-hybridized carbons (Fsp3) is 0. The Morgan fingerprint density at radius 2 is 2.40 bits per heavy atom. The van der Waals surface area contributed by atoms with Crippen LogP contribution in [0.5, 0.6) is 0 Å². The van der Waals surface area contributed by atoms with E-state index < -0.39 is 0 Å². The first kappa shape index (κ1) is 7.56. The van der Waals surface area contributed by atoms with Crippen molar-refractivity contribution in [2.24, 2.45) is 16.7 Å². The first-order chi connectivity index (χ1) is 4.74. The largest absolute Gasteiger partial charge is 0.381 e. The van der Waals surface area contributed by atoms with Gasteiger partial charge in [0.1, 0.15) is 0 Å². The van der Waals surface area contributed by atoms with Crippen LogP contribution < -0.4 is 11.6 Å². The van der Waals surface area contributed by atoms with Gasteiger partial charge in [0.25, 0.3) is 0 Å². The highest BCUT2D eigenvalue weighted by molar-refractivity contribution is 9.10. The standard InChI is InChI=1S/C5H6BrN3S/c6-3-1-4(10-2-3)5(7)9-8/h1-2H,8H2,(H2,7,9). The highest BCUT2D eigenvalue weighted by atomic mass is 79.9. The second-order valence-electron chi connectivity index (χ2n) is 1.64. The highest BCUT2D eigenvalue weighted by Gasteiger charge is 1.99. The number of hydrogen-bond donors (Lipinski definition) is 2. The van der Waals surface area contributed by atoms with Crippen LogP contribution in [0.1, 0.15) is 4.88 Å². The summed E-state index contributed by atoms with van der Waals surface area (Å²) in [5.41, 5.74) is 5.42. The second kappa shape index (κ2) is 3.03. The van der Waals surface area contributed by atoms with Gasteiger partial charge in [-0.25, -0.2) is 0 Å². The summed E-state index contributed by atoms with van der Waals surface area (Å²) in [5.74, 6) is 5.34. The molecule has 0 atom stereocenters. The Labute approximate surface area is 70.8 Å². The molecule has 0 fully saturated rings. The minimum atomic E-state index is 0.371. The molecule has 5 heteroatoms. The van der Waals surface area contributed by atoms with E-state index in [1.807, 2.05) is 11.4 Å². The van der Waals surface area contributed by atoms with Gasteiger partial charge in [-0.05, 0) is 22.0 Å². The third-order valence-corrected chi connectivity index (χ3v) is 2.67. The predicted octanol–water partition coefficient (Wildman–Crippen LogP) is 1.09. The first-order valence-corrected chi connectivity index (χ1v) is 4.19. The summed E-state index contributed by atoms with van der Waals surface area (Å²) in [6.45, 7) is 0. The number of amidine groups is 1. The van der Waals surface area contributed by atoms with Gasteiger partial charge in [-0.1, -0.05) is 0 Å². The van der Waals surface area contributed by atoms with Crippen molar-refractivity contribution in [1.82, 2.24) is 0 Å². The number of halogens is 1. The maximum absolute atomic E-state index is 5.42. The molecule has 0 saturated carbocycles. The van der Waals surface area contributed by atoms with E-state index in [0.717, 1.165) is 9.35 Å². The van der Waals surface area contributed by atoms with Crippen LogP contribution in [0.4, 0.5) is 0 Å². The quantitative estimate of drug-likeness (QED) is 0.322. The molecule has 0 aliphatic carbocycles. The van der Waals surface area contributed by atoms with Crippen LogP contribution in [0, 0.1) is 0 Å². The minimum Gasteiger partial charge on any atom is -0.381 e. The molecule has 0 aromatic carbocycles. The van der Waals surface area contributed by atoms with Crippen molar-refractivity contribution in [1.29, 1.82) is 0 Å². The fourth-order valence-corrected chi connectivity index (χ4v) is 1.85. The Bertz CT molecular complexity index is 255. The molecule has 0 amide bonds. The highest BCUT2D eigenvalue weighted by Crippen LogP contribution is 2.18. The van der Waals surface area contributed by atoms with Crippen LogP contribution in [0.15, 0.2) is 21.0 Å². The van der Waals surface area contributed by atoms with Crippen LogP contribution in [-0.4, -0.2) is 5.84 Å². The van der Waals surface area contributed by atoms with Crippen molar-refractivity contribution in [3.63, 3.8) is 0 Å². The number of nitrogens with zero attached hydrogens (tertiary/aromatic N) is 1. The summed E-state index contributed by atoms with van der Waals surface area (Å²) in [4.78, 5) is 0.884. The number of nitrogens with two attached hydrogens (primary N) is 2. The smallest absolute Gasteiger partial charge is 0.160 e. The Morgan fingerprint density at radius 3 is 2.80 bits per heavy atom. The molecule has 10 heavy (non-hydrogen) atoms. The first-order valence-electron chi connectivity index (χ1n) is 2.52. The van der Waals surface area contributed by atoms with E-state index in [-0.39, 0.29) is 0 Å². The Balaban J connectivity index is 2.95. The average Bonchev–Trinajstić information content (AvgIpc) is 2.34. The molecule has 3 nitrogen and oxygen atoms in total. The van der Waals surface area contributed by atoms with E-state index in [9.17, 15) is 0 Å². The van der Waals surface area contributed by atoms with E-state index in [1.165, 1.54) is 11.3 Å². The summed E-state index contributed by atoms with van der Waals surface area (Å²) in [7, 11) is 0. The van der Waals surface area contributed by atoms with E-state index in [0.29, 0.717) is 5.84 Å². The molecule has 0 unspecified atom stereocenters. The summed E-state index contributed by atoms with van der Waals surface area (Å²) < 4.78 is 0.999. The summed E-state index contributed by atoms with van der Waals surface area (Å²) in [6.07, 6.45) is 0. The third-order valence-electron chi connectivity index (χ3n) is 0.959. The van der Waals surface area contributed by atoms with Crippen LogP contribution in [0.2, 0.25) is 0 Å². The number of rotatable bonds is 1. The Morgan fingerprint density at radius 1 is 1.70 bits per heavy atom. The zero-order valence-corrected chi connectivity index (χ0v) is 7.45. The molecular weight excluding hydrogens is 214 g/mol. The zero-order chi connectivity index (χ0) is 7.56. The van der Waals surface area contributed by atoms with Gasteiger partial charge < -0.3 is 11.6 Å². The predicted molar refractivity (Wildman–Crippen MR) is 46.9 cm³/mol. The number of thiophene rings is 1. The summed E-state index contributed by atoms with van der Waals surface area (Å²) >= 11 is 4.79. The lowest BCUT2D eigenvalue weighted by Gasteiger charge is -1.89. The summed E-state index contributed by atoms with van der Waals surface area (Å²) in [5, 5.41) is 5.28. The lowest BCUT2D eigenvalue weighted by atomic mass is 10.4. The van der Waals surface area contributed by atoms with Crippen molar-refractivity contribution < 1.29 is 0 Å². The molecule has 1 aromatic rings. The molecule has 54 valence electrons. The van der Waals surface area contributed by atoms with E-state index >= 15 is 0 Å². The number of hydrogen-bond acceptors (Lipinski definition) is 3. The van der Waals surface area contributed by atoms with Crippen LogP contribution in [0.25, 0.3) is 0 Å². The van der Waals surface area contributed by atoms with E-state index in [2.05, 4.69) is 21.0 Å². The van der Waals surface area contributed by atoms with Gasteiger partial charge in [0.05, 0.1) is 4.88 Å². The zero-order valence-electron chi connectivity index (χ0n) is 5.04. The average molecular weight is 220 g/mol. The van der Waals surface area contributed by atoms with E-state index in [4.69, 9.17) is 11.6 Å². The van der Waals surface area contributed by atoms with Gasteiger partial charge in [0.2, 0.25) is 0 Å². The molecule has 1 rings (SSSR count).